The molecular formula is C11H18O2. The molecule has 0 fully saturated rings. The Bertz CT molecular complexity index is 216. The average Bonchev–Trinajstić information content (AvgIpc) is 2.43. The molecule has 74 valence electrons. The second-order valence-corrected chi connectivity index (χ2v) is 4.03. The minimum absolute atomic E-state index is 0.183. The van der Waals surface area contributed by atoms with E-state index in [4.69, 9.17) is 4.74 Å². The Morgan fingerprint density at radius 2 is 2.31 bits per heavy atom. The average molecular weight is 182 g/mol. The van der Waals surface area contributed by atoms with Gasteiger partial charge in [0.2, 0.25) is 0 Å². The van der Waals surface area contributed by atoms with E-state index in [2.05, 4.69) is 13.8 Å². The summed E-state index contributed by atoms with van der Waals surface area (Å²) in [5.74, 6) is 1.82. The molecule has 2 nitrogen and oxygen atoms in total. The van der Waals surface area contributed by atoms with Gasteiger partial charge in [0.25, 0.3) is 0 Å². The normalized spacial score (nSPS) is 22.3. The monoisotopic (exact) mass is 182 g/mol. The van der Waals surface area contributed by atoms with Crippen LogP contribution in [0.2, 0.25) is 0 Å². The van der Waals surface area contributed by atoms with Crippen LogP contribution in [0.25, 0.3) is 0 Å². The molecule has 0 aromatic rings. The molecule has 0 spiro atoms. The third kappa shape index (κ3) is 2.87. The highest BCUT2D eigenvalue weighted by Crippen LogP contribution is 2.25. The Labute approximate surface area is 80.0 Å². The molecule has 0 saturated heterocycles. The Hall–Kier alpha value is -0.790. The molecule has 0 aromatic carbocycles. The smallest absolute Gasteiger partial charge is 0.162 e. The first kappa shape index (κ1) is 10.3. The largest absolute Gasteiger partial charge is 0.498 e. The van der Waals surface area contributed by atoms with Crippen molar-refractivity contribution in [3.05, 3.63) is 11.8 Å². The number of ether oxygens (including phenoxy) is 1. The summed E-state index contributed by atoms with van der Waals surface area (Å²) >= 11 is 0. The molecule has 1 aliphatic carbocycles. The highest BCUT2D eigenvalue weighted by molar-refractivity contribution is 5.94. The quantitative estimate of drug-likeness (QED) is 0.668. The molecule has 0 aliphatic heterocycles. The standard InChI is InChI=1S/C11H18O2/c1-4-9-5-10(6-11(9)12)13-7-8(2)3/h6,8-9H,4-5,7H2,1-3H3. The van der Waals surface area contributed by atoms with Gasteiger partial charge < -0.3 is 4.74 Å². The van der Waals surface area contributed by atoms with Gasteiger partial charge in [-0.25, -0.2) is 0 Å². The highest BCUT2D eigenvalue weighted by Gasteiger charge is 2.24. The zero-order valence-electron chi connectivity index (χ0n) is 8.67. The van der Waals surface area contributed by atoms with Crippen LogP contribution in [-0.4, -0.2) is 12.4 Å². The molecule has 1 aliphatic rings. The van der Waals surface area contributed by atoms with Gasteiger partial charge in [-0.05, 0) is 12.3 Å². The Kier molecular flexibility index (Phi) is 3.52. The molecule has 0 radical (unpaired) electrons. The van der Waals surface area contributed by atoms with E-state index >= 15 is 0 Å². The van der Waals surface area contributed by atoms with Crippen molar-refractivity contribution < 1.29 is 9.53 Å². The molecule has 0 heterocycles. The van der Waals surface area contributed by atoms with E-state index in [-0.39, 0.29) is 11.7 Å². The molecule has 2 heteroatoms. The molecular weight excluding hydrogens is 164 g/mol. The van der Waals surface area contributed by atoms with Crippen LogP contribution >= 0.6 is 0 Å². The van der Waals surface area contributed by atoms with E-state index in [1.165, 1.54) is 0 Å². The van der Waals surface area contributed by atoms with E-state index in [1.54, 1.807) is 6.08 Å². The predicted octanol–water partition coefficient (Wildman–Crippen LogP) is 2.54. The fourth-order valence-electron chi connectivity index (χ4n) is 1.40. The zero-order chi connectivity index (χ0) is 9.84. The van der Waals surface area contributed by atoms with Crippen molar-refractivity contribution in [2.24, 2.45) is 11.8 Å². The van der Waals surface area contributed by atoms with Gasteiger partial charge in [0.15, 0.2) is 5.78 Å². The van der Waals surface area contributed by atoms with Gasteiger partial charge in [0.05, 0.1) is 6.61 Å². The van der Waals surface area contributed by atoms with E-state index in [1.807, 2.05) is 6.92 Å². The lowest BCUT2D eigenvalue weighted by atomic mass is 10.0. The Morgan fingerprint density at radius 3 is 2.77 bits per heavy atom. The summed E-state index contributed by atoms with van der Waals surface area (Å²) in [6, 6.07) is 0. The first-order valence-corrected chi connectivity index (χ1v) is 5.00. The summed E-state index contributed by atoms with van der Waals surface area (Å²) in [5, 5.41) is 0. The van der Waals surface area contributed by atoms with Crippen LogP contribution in [0.3, 0.4) is 0 Å². The zero-order valence-corrected chi connectivity index (χ0v) is 8.67. The predicted molar refractivity (Wildman–Crippen MR) is 52.3 cm³/mol. The van der Waals surface area contributed by atoms with Gasteiger partial charge in [-0.1, -0.05) is 20.8 Å². The minimum Gasteiger partial charge on any atom is -0.498 e. The number of rotatable bonds is 4. The third-order valence-corrected chi connectivity index (χ3v) is 2.25. The lowest BCUT2D eigenvalue weighted by Crippen LogP contribution is -2.05. The molecule has 1 rings (SSSR count). The summed E-state index contributed by atoms with van der Waals surface area (Å²) in [6.45, 7) is 6.97. The van der Waals surface area contributed by atoms with Crippen LogP contribution in [0.1, 0.15) is 33.6 Å². The van der Waals surface area contributed by atoms with Crippen LogP contribution in [0.4, 0.5) is 0 Å². The Morgan fingerprint density at radius 1 is 1.62 bits per heavy atom. The van der Waals surface area contributed by atoms with Gasteiger partial charge in [0.1, 0.15) is 5.76 Å². The maximum absolute atomic E-state index is 11.3. The topological polar surface area (TPSA) is 26.3 Å². The van der Waals surface area contributed by atoms with E-state index < -0.39 is 0 Å². The molecule has 0 saturated carbocycles. The van der Waals surface area contributed by atoms with Crippen LogP contribution in [0.5, 0.6) is 0 Å². The minimum atomic E-state index is 0.183. The van der Waals surface area contributed by atoms with Crippen LogP contribution in [0.15, 0.2) is 11.8 Å². The summed E-state index contributed by atoms with van der Waals surface area (Å²) < 4.78 is 5.51. The van der Waals surface area contributed by atoms with Gasteiger partial charge in [-0.15, -0.1) is 0 Å². The number of carbonyl (C=O) groups is 1. The SMILES string of the molecule is CCC1CC(OCC(C)C)=CC1=O. The number of allylic oxidation sites excluding steroid dienone is 2. The summed E-state index contributed by atoms with van der Waals surface area (Å²) in [4.78, 5) is 11.3. The lowest BCUT2D eigenvalue weighted by Gasteiger charge is -2.09. The van der Waals surface area contributed by atoms with E-state index in [0.717, 1.165) is 25.2 Å². The van der Waals surface area contributed by atoms with Crippen molar-refractivity contribution in [3.8, 4) is 0 Å². The van der Waals surface area contributed by atoms with Crippen molar-refractivity contribution in [3.63, 3.8) is 0 Å². The van der Waals surface area contributed by atoms with Crippen LogP contribution < -0.4 is 0 Å². The fraction of sp³-hybridized carbons (Fsp3) is 0.727. The molecule has 0 bridgehead atoms. The van der Waals surface area contributed by atoms with Crippen LogP contribution in [0, 0.1) is 11.8 Å². The molecule has 13 heavy (non-hydrogen) atoms. The second kappa shape index (κ2) is 4.45. The number of hydrogen-bond donors (Lipinski definition) is 0. The Balaban J connectivity index is 2.38. The summed E-state index contributed by atoms with van der Waals surface area (Å²) in [6.07, 6.45) is 3.39. The molecule has 0 N–H and O–H groups in total. The maximum Gasteiger partial charge on any atom is 0.162 e. The van der Waals surface area contributed by atoms with E-state index in [9.17, 15) is 4.79 Å². The second-order valence-electron chi connectivity index (χ2n) is 4.03. The van der Waals surface area contributed by atoms with Gasteiger partial charge in [-0.2, -0.15) is 0 Å². The van der Waals surface area contributed by atoms with E-state index in [0.29, 0.717) is 5.92 Å². The van der Waals surface area contributed by atoms with Crippen molar-refractivity contribution in [1.82, 2.24) is 0 Å². The van der Waals surface area contributed by atoms with Crippen molar-refractivity contribution in [2.45, 2.75) is 33.6 Å². The van der Waals surface area contributed by atoms with Gasteiger partial charge >= 0.3 is 0 Å². The summed E-state index contributed by atoms with van der Waals surface area (Å²) in [5.41, 5.74) is 0. The highest BCUT2D eigenvalue weighted by atomic mass is 16.5. The number of ketones is 1. The van der Waals surface area contributed by atoms with Crippen LogP contribution in [-0.2, 0) is 9.53 Å². The molecule has 1 unspecified atom stereocenters. The van der Waals surface area contributed by atoms with Crippen molar-refractivity contribution in [1.29, 1.82) is 0 Å². The number of carbonyl (C=O) groups excluding carboxylic acids is 1. The first-order chi connectivity index (χ1) is 6.13. The van der Waals surface area contributed by atoms with Crippen molar-refractivity contribution in [2.75, 3.05) is 6.61 Å². The molecule has 1 atom stereocenters. The molecule has 0 amide bonds. The number of hydrogen-bond acceptors (Lipinski definition) is 2. The molecule has 0 aromatic heterocycles. The maximum atomic E-state index is 11.3. The van der Waals surface area contributed by atoms with Crippen molar-refractivity contribution >= 4 is 5.78 Å². The first-order valence-electron chi connectivity index (χ1n) is 5.00. The van der Waals surface area contributed by atoms with Gasteiger partial charge in [0, 0.05) is 18.4 Å². The lowest BCUT2D eigenvalue weighted by molar-refractivity contribution is -0.117. The third-order valence-electron chi connectivity index (χ3n) is 2.25. The summed E-state index contributed by atoms with van der Waals surface area (Å²) in [7, 11) is 0. The van der Waals surface area contributed by atoms with Gasteiger partial charge in [-0.3, -0.25) is 4.79 Å². The fourth-order valence-corrected chi connectivity index (χ4v) is 1.40.